The van der Waals surface area contributed by atoms with E-state index in [4.69, 9.17) is 4.52 Å². The molecule has 1 atom stereocenters. The van der Waals surface area contributed by atoms with E-state index >= 15 is 0 Å². The molecular formula is C20H17N5O2S. The number of hydrogen-bond acceptors (Lipinski definition) is 6. The number of carbonyl (C=O) groups is 1. The first kappa shape index (κ1) is 16.9. The number of nitrogens with zero attached hydrogens (tertiary/aromatic N) is 4. The van der Waals surface area contributed by atoms with Gasteiger partial charge in [0.15, 0.2) is 0 Å². The molecule has 1 aliphatic heterocycles. The van der Waals surface area contributed by atoms with Crippen LogP contribution in [-0.2, 0) is 13.0 Å². The van der Waals surface area contributed by atoms with E-state index in [1.165, 1.54) is 16.9 Å². The highest BCUT2D eigenvalue weighted by Gasteiger charge is 2.36. The topological polar surface area (TPSA) is 87.9 Å². The molecule has 28 heavy (non-hydrogen) atoms. The number of benzene rings is 1. The zero-order valence-corrected chi connectivity index (χ0v) is 15.9. The normalized spacial score (nSPS) is 16.2. The van der Waals surface area contributed by atoms with E-state index in [0.717, 1.165) is 17.0 Å². The Balaban J connectivity index is 1.51. The van der Waals surface area contributed by atoms with E-state index in [9.17, 15) is 4.79 Å². The predicted molar refractivity (Wildman–Crippen MR) is 104 cm³/mol. The highest BCUT2D eigenvalue weighted by molar-refractivity contribution is 7.12. The van der Waals surface area contributed by atoms with Gasteiger partial charge in [0.05, 0.1) is 29.1 Å². The minimum Gasteiger partial charge on any atom is -0.347 e. The molecule has 1 aliphatic rings. The van der Waals surface area contributed by atoms with Crippen LogP contribution in [0.1, 0.15) is 38.6 Å². The van der Waals surface area contributed by atoms with Crippen molar-refractivity contribution in [2.24, 2.45) is 0 Å². The number of H-pyrrole nitrogens is 1. The lowest BCUT2D eigenvalue weighted by atomic mass is 10.0. The number of carbonyl (C=O) groups excluding carboxylic acids is 1. The van der Waals surface area contributed by atoms with E-state index in [2.05, 4.69) is 20.1 Å². The van der Waals surface area contributed by atoms with Crippen molar-refractivity contribution in [2.75, 3.05) is 0 Å². The number of hydrogen-bond donors (Lipinski definition) is 1. The first-order chi connectivity index (χ1) is 13.7. The lowest BCUT2D eigenvalue weighted by Gasteiger charge is -2.32. The molecule has 0 bridgehead atoms. The Bertz CT molecular complexity index is 1110. The van der Waals surface area contributed by atoms with E-state index in [0.29, 0.717) is 29.6 Å². The summed E-state index contributed by atoms with van der Waals surface area (Å²) in [4.78, 5) is 27.7. The van der Waals surface area contributed by atoms with Crippen molar-refractivity contribution < 1.29 is 9.32 Å². The van der Waals surface area contributed by atoms with Crippen LogP contribution in [-0.4, -0.2) is 30.9 Å². The SMILES string of the molecule is Cc1ccc(-c2noc([C@@H]3Cc4nc[nH]c4CN3C(=O)c3cccs3)n2)cc1. The zero-order valence-electron chi connectivity index (χ0n) is 15.1. The van der Waals surface area contributed by atoms with Crippen LogP contribution in [0.4, 0.5) is 0 Å². The van der Waals surface area contributed by atoms with Gasteiger partial charge in [-0.15, -0.1) is 11.3 Å². The molecule has 8 heteroatoms. The molecule has 0 unspecified atom stereocenters. The fraction of sp³-hybridized carbons (Fsp3) is 0.200. The number of amides is 1. The molecular weight excluding hydrogens is 374 g/mol. The third-order valence-corrected chi connectivity index (χ3v) is 5.79. The zero-order chi connectivity index (χ0) is 19.1. The first-order valence-corrected chi connectivity index (χ1v) is 9.83. The largest absolute Gasteiger partial charge is 0.347 e. The molecule has 4 heterocycles. The van der Waals surface area contributed by atoms with Crippen molar-refractivity contribution in [3.8, 4) is 11.4 Å². The average molecular weight is 391 g/mol. The van der Waals surface area contributed by atoms with Crippen LogP contribution in [0, 0.1) is 6.92 Å². The van der Waals surface area contributed by atoms with Gasteiger partial charge in [0, 0.05) is 12.0 Å². The van der Waals surface area contributed by atoms with Gasteiger partial charge in [0.2, 0.25) is 11.7 Å². The summed E-state index contributed by atoms with van der Waals surface area (Å²) in [6.45, 7) is 2.46. The van der Waals surface area contributed by atoms with Crippen LogP contribution in [0.15, 0.2) is 52.6 Å². The van der Waals surface area contributed by atoms with Gasteiger partial charge in [0.1, 0.15) is 6.04 Å². The van der Waals surface area contributed by atoms with Crippen molar-refractivity contribution in [2.45, 2.75) is 25.9 Å². The molecule has 7 nitrogen and oxygen atoms in total. The average Bonchev–Trinajstić information content (AvgIpc) is 3.48. The number of aromatic amines is 1. The summed E-state index contributed by atoms with van der Waals surface area (Å²) in [6.07, 6.45) is 2.19. The fourth-order valence-electron chi connectivity index (χ4n) is 3.40. The predicted octanol–water partition coefficient (Wildman–Crippen LogP) is 3.77. The molecule has 140 valence electrons. The van der Waals surface area contributed by atoms with E-state index in [1.807, 2.05) is 48.7 Å². The smallest absolute Gasteiger partial charge is 0.264 e. The van der Waals surface area contributed by atoms with Crippen LogP contribution in [0.25, 0.3) is 11.4 Å². The first-order valence-electron chi connectivity index (χ1n) is 8.95. The van der Waals surface area contributed by atoms with Gasteiger partial charge < -0.3 is 14.4 Å². The van der Waals surface area contributed by atoms with Gasteiger partial charge in [-0.25, -0.2) is 4.98 Å². The van der Waals surface area contributed by atoms with Crippen molar-refractivity contribution in [1.82, 2.24) is 25.0 Å². The highest BCUT2D eigenvalue weighted by Crippen LogP contribution is 2.33. The summed E-state index contributed by atoms with van der Waals surface area (Å²) in [7, 11) is 0. The third-order valence-electron chi connectivity index (χ3n) is 4.93. The standard InChI is InChI=1S/C20H17N5O2S/c1-12-4-6-13(7-5-12)18-23-19(27-24-18)16-9-14-15(22-11-21-14)10-25(16)20(26)17-3-2-8-28-17/h2-8,11,16H,9-10H2,1H3,(H,21,22)/t16-/m0/s1. The van der Waals surface area contributed by atoms with Crippen molar-refractivity contribution in [3.63, 3.8) is 0 Å². The molecule has 0 radical (unpaired) electrons. The maximum atomic E-state index is 13.1. The number of fused-ring (bicyclic) bond motifs is 1. The molecule has 1 N–H and O–H groups in total. The van der Waals surface area contributed by atoms with Gasteiger partial charge in [-0.05, 0) is 18.4 Å². The summed E-state index contributed by atoms with van der Waals surface area (Å²) in [5, 5.41) is 6.04. The van der Waals surface area contributed by atoms with Crippen molar-refractivity contribution in [1.29, 1.82) is 0 Å². The molecule has 1 aromatic carbocycles. The van der Waals surface area contributed by atoms with E-state index in [-0.39, 0.29) is 11.9 Å². The minimum atomic E-state index is -0.350. The Morgan fingerprint density at radius 3 is 2.93 bits per heavy atom. The van der Waals surface area contributed by atoms with Gasteiger partial charge in [-0.3, -0.25) is 4.79 Å². The van der Waals surface area contributed by atoms with E-state index < -0.39 is 0 Å². The maximum Gasteiger partial charge on any atom is 0.264 e. The monoisotopic (exact) mass is 391 g/mol. The van der Waals surface area contributed by atoms with Crippen LogP contribution >= 0.6 is 11.3 Å². The van der Waals surface area contributed by atoms with Crippen LogP contribution in [0.5, 0.6) is 0 Å². The molecule has 1 amide bonds. The molecule has 0 spiro atoms. The summed E-state index contributed by atoms with van der Waals surface area (Å²) >= 11 is 1.42. The lowest BCUT2D eigenvalue weighted by Crippen LogP contribution is -2.38. The molecule has 0 fully saturated rings. The van der Waals surface area contributed by atoms with Crippen LogP contribution in [0.3, 0.4) is 0 Å². The molecule has 0 saturated heterocycles. The number of thiophene rings is 1. The Morgan fingerprint density at radius 1 is 1.29 bits per heavy atom. The quantitative estimate of drug-likeness (QED) is 0.574. The Morgan fingerprint density at radius 2 is 2.14 bits per heavy atom. The van der Waals surface area contributed by atoms with E-state index in [1.54, 1.807) is 11.2 Å². The molecule has 0 aliphatic carbocycles. The third kappa shape index (κ3) is 2.91. The second-order valence-electron chi connectivity index (χ2n) is 6.78. The number of aromatic nitrogens is 4. The maximum absolute atomic E-state index is 13.1. The summed E-state index contributed by atoms with van der Waals surface area (Å²) in [5.41, 5.74) is 3.92. The van der Waals surface area contributed by atoms with Gasteiger partial charge in [-0.1, -0.05) is 41.1 Å². The van der Waals surface area contributed by atoms with Crippen molar-refractivity contribution >= 4 is 17.2 Å². The Kier molecular flexibility index (Phi) is 4.05. The minimum absolute atomic E-state index is 0.0460. The van der Waals surface area contributed by atoms with Gasteiger partial charge in [0.25, 0.3) is 5.91 Å². The molecule has 3 aromatic heterocycles. The second kappa shape index (κ2) is 6.72. The summed E-state index contributed by atoms with van der Waals surface area (Å²) in [6, 6.07) is 11.3. The van der Waals surface area contributed by atoms with Crippen LogP contribution < -0.4 is 0 Å². The summed E-state index contributed by atoms with van der Waals surface area (Å²) in [5.74, 6) is 0.899. The molecule has 4 aromatic rings. The van der Waals surface area contributed by atoms with Crippen LogP contribution in [0.2, 0.25) is 0 Å². The number of nitrogens with one attached hydrogen (secondary N) is 1. The molecule has 0 saturated carbocycles. The Hall–Kier alpha value is -3.26. The molecule has 5 rings (SSSR count). The lowest BCUT2D eigenvalue weighted by molar-refractivity contribution is 0.0595. The Labute approximate surface area is 165 Å². The van der Waals surface area contributed by atoms with Gasteiger partial charge in [-0.2, -0.15) is 4.98 Å². The number of rotatable bonds is 3. The van der Waals surface area contributed by atoms with Crippen molar-refractivity contribution in [3.05, 3.63) is 75.8 Å². The highest BCUT2D eigenvalue weighted by atomic mass is 32.1. The summed E-state index contributed by atoms with van der Waals surface area (Å²) < 4.78 is 5.59. The number of aryl methyl sites for hydroxylation is 1. The second-order valence-corrected chi connectivity index (χ2v) is 7.73. The van der Waals surface area contributed by atoms with Gasteiger partial charge >= 0.3 is 0 Å². The fourth-order valence-corrected chi connectivity index (χ4v) is 4.08. The number of imidazole rings is 1.